The lowest BCUT2D eigenvalue weighted by atomic mass is 10.1. The summed E-state index contributed by atoms with van der Waals surface area (Å²) in [5.41, 5.74) is -1.06. The molecule has 0 amide bonds. The van der Waals surface area contributed by atoms with Crippen LogP contribution in [0.2, 0.25) is 0 Å². The molecule has 0 bridgehead atoms. The average Bonchev–Trinajstić information content (AvgIpc) is 2.38. The van der Waals surface area contributed by atoms with Crippen LogP contribution in [-0.2, 0) is 9.47 Å². The Kier molecular flexibility index (Phi) is 1.83. The smallest absolute Gasteiger partial charge is 0.338 e. The van der Waals surface area contributed by atoms with Crippen molar-refractivity contribution in [3.63, 3.8) is 0 Å². The van der Waals surface area contributed by atoms with Crippen LogP contribution in [0, 0.1) is 0 Å². The van der Waals surface area contributed by atoms with Crippen molar-refractivity contribution in [1.29, 1.82) is 0 Å². The number of esters is 2. The van der Waals surface area contributed by atoms with Crippen molar-refractivity contribution in [2.75, 3.05) is 14.2 Å². The van der Waals surface area contributed by atoms with Gasteiger partial charge in [-0.3, -0.25) is 0 Å². The third-order valence-electron chi connectivity index (χ3n) is 1.47. The SMILES string of the molecule is [2H]c1c([2H])c([2H])c(C(=O)OC)c(C(=O)OC)c1[2H]. The molecule has 0 aliphatic carbocycles. The summed E-state index contributed by atoms with van der Waals surface area (Å²) in [6.07, 6.45) is 0. The molecule has 0 saturated heterocycles. The van der Waals surface area contributed by atoms with Crippen LogP contribution in [0.25, 0.3) is 0 Å². The quantitative estimate of drug-likeness (QED) is 0.671. The highest BCUT2D eigenvalue weighted by molar-refractivity contribution is 6.02. The summed E-state index contributed by atoms with van der Waals surface area (Å²) >= 11 is 0. The normalized spacial score (nSPS) is 13.3. The number of carbonyl (C=O) groups excluding carboxylic acids is 2. The number of benzene rings is 1. The molecule has 1 rings (SSSR count). The highest BCUT2D eigenvalue weighted by Gasteiger charge is 2.16. The molecule has 4 heteroatoms. The van der Waals surface area contributed by atoms with Gasteiger partial charge in [-0.25, -0.2) is 9.59 Å². The van der Waals surface area contributed by atoms with E-state index in [9.17, 15) is 9.59 Å². The van der Waals surface area contributed by atoms with E-state index < -0.39 is 47.2 Å². The summed E-state index contributed by atoms with van der Waals surface area (Å²) < 4.78 is 38.8. The highest BCUT2D eigenvalue weighted by atomic mass is 16.5. The Balaban J connectivity index is 3.75. The molecule has 14 heavy (non-hydrogen) atoms. The third-order valence-corrected chi connectivity index (χ3v) is 1.47. The fourth-order valence-electron chi connectivity index (χ4n) is 0.823. The van der Waals surface area contributed by atoms with Crippen LogP contribution in [0.15, 0.2) is 24.2 Å². The van der Waals surface area contributed by atoms with Gasteiger partial charge in [-0.1, -0.05) is 12.1 Å². The Labute approximate surface area is 87.1 Å². The number of carbonyl (C=O) groups is 2. The van der Waals surface area contributed by atoms with E-state index >= 15 is 0 Å². The van der Waals surface area contributed by atoms with Gasteiger partial charge in [0, 0.05) is 0 Å². The molecule has 0 aliphatic heterocycles. The summed E-state index contributed by atoms with van der Waals surface area (Å²) in [7, 11) is 2.09. The summed E-state index contributed by atoms with van der Waals surface area (Å²) in [6.45, 7) is 0. The number of rotatable bonds is 2. The van der Waals surface area contributed by atoms with Crippen molar-refractivity contribution in [3.05, 3.63) is 35.3 Å². The van der Waals surface area contributed by atoms with E-state index in [1.54, 1.807) is 0 Å². The summed E-state index contributed by atoms with van der Waals surface area (Å²) in [5.74, 6) is -2.05. The predicted molar refractivity (Wildman–Crippen MR) is 49.1 cm³/mol. The van der Waals surface area contributed by atoms with Gasteiger partial charge < -0.3 is 9.47 Å². The zero-order valence-corrected chi connectivity index (χ0v) is 7.63. The molecule has 0 saturated carbocycles. The van der Waals surface area contributed by atoms with Crippen LogP contribution < -0.4 is 0 Å². The van der Waals surface area contributed by atoms with E-state index in [-0.39, 0.29) is 0 Å². The number of hydrogen-bond acceptors (Lipinski definition) is 4. The van der Waals surface area contributed by atoms with Gasteiger partial charge in [0.15, 0.2) is 0 Å². The monoisotopic (exact) mass is 198 g/mol. The van der Waals surface area contributed by atoms with E-state index in [2.05, 4.69) is 9.47 Å². The molecule has 1 aromatic rings. The number of methoxy groups -OCH3 is 2. The largest absolute Gasteiger partial charge is 0.465 e. The van der Waals surface area contributed by atoms with Crippen LogP contribution in [0.5, 0.6) is 0 Å². The average molecular weight is 198 g/mol. The second kappa shape index (κ2) is 4.41. The molecule has 0 aromatic heterocycles. The van der Waals surface area contributed by atoms with Crippen molar-refractivity contribution in [2.45, 2.75) is 0 Å². The molecule has 0 N–H and O–H groups in total. The van der Waals surface area contributed by atoms with E-state index in [1.807, 2.05) is 0 Å². The minimum Gasteiger partial charge on any atom is -0.465 e. The lowest BCUT2D eigenvalue weighted by Gasteiger charge is -2.04. The minimum absolute atomic E-state index is 0.532. The molecule has 4 nitrogen and oxygen atoms in total. The first-order chi connectivity index (χ1) is 8.36. The van der Waals surface area contributed by atoms with Gasteiger partial charge in [0.05, 0.1) is 30.8 Å². The first kappa shape index (κ1) is 5.80. The van der Waals surface area contributed by atoms with Crippen molar-refractivity contribution >= 4 is 11.9 Å². The molecule has 74 valence electrons. The van der Waals surface area contributed by atoms with Crippen molar-refractivity contribution in [3.8, 4) is 0 Å². The summed E-state index contributed by atoms with van der Waals surface area (Å²) in [4.78, 5) is 23.0. The Bertz CT molecular complexity index is 480. The molecule has 0 spiro atoms. The van der Waals surface area contributed by atoms with Crippen LogP contribution in [0.4, 0.5) is 0 Å². The predicted octanol–water partition coefficient (Wildman–Crippen LogP) is 1.26. The van der Waals surface area contributed by atoms with Gasteiger partial charge in [0.1, 0.15) is 0 Å². The Morgan fingerprint density at radius 2 is 1.43 bits per heavy atom. The molecule has 0 heterocycles. The van der Waals surface area contributed by atoms with E-state index in [1.165, 1.54) is 0 Å². The van der Waals surface area contributed by atoms with Gasteiger partial charge in [-0.05, 0) is 12.1 Å². The minimum atomic E-state index is -1.03. The van der Waals surface area contributed by atoms with Crippen LogP contribution in [0.1, 0.15) is 26.2 Å². The van der Waals surface area contributed by atoms with E-state index in [0.717, 1.165) is 14.2 Å². The Morgan fingerprint density at radius 3 is 1.71 bits per heavy atom. The van der Waals surface area contributed by atoms with Gasteiger partial charge in [0.25, 0.3) is 0 Å². The highest BCUT2D eigenvalue weighted by Crippen LogP contribution is 2.10. The maximum atomic E-state index is 11.5. The number of hydrogen-bond donors (Lipinski definition) is 0. The molecule has 1 aromatic carbocycles. The first-order valence-corrected chi connectivity index (χ1v) is 3.63. The van der Waals surface area contributed by atoms with Crippen LogP contribution in [0.3, 0.4) is 0 Å². The van der Waals surface area contributed by atoms with Gasteiger partial charge in [0.2, 0.25) is 0 Å². The second-order valence-corrected chi connectivity index (χ2v) is 2.23. The van der Waals surface area contributed by atoms with Crippen molar-refractivity contribution in [2.24, 2.45) is 0 Å². The lowest BCUT2D eigenvalue weighted by Crippen LogP contribution is -2.11. The molecule has 0 unspecified atom stereocenters. The Hall–Kier alpha value is -1.84. The molecule has 0 radical (unpaired) electrons. The maximum Gasteiger partial charge on any atom is 0.338 e. The van der Waals surface area contributed by atoms with Gasteiger partial charge >= 0.3 is 11.9 Å². The molecule has 0 fully saturated rings. The number of ether oxygens (including phenoxy) is 2. The molecular formula is C10H10O4. The summed E-state index contributed by atoms with van der Waals surface area (Å²) in [5, 5.41) is 0. The fraction of sp³-hybridized carbons (Fsp3) is 0.200. The molecule has 0 aliphatic rings. The maximum absolute atomic E-state index is 11.5. The first-order valence-electron chi connectivity index (χ1n) is 5.63. The van der Waals surface area contributed by atoms with Crippen molar-refractivity contribution in [1.82, 2.24) is 0 Å². The molecular weight excluding hydrogens is 184 g/mol. The zero-order valence-electron chi connectivity index (χ0n) is 11.6. The second-order valence-electron chi connectivity index (χ2n) is 2.23. The van der Waals surface area contributed by atoms with E-state index in [4.69, 9.17) is 5.48 Å². The van der Waals surface area contributed by atoms with E-state index in [0.29, 0.717) is 0 Å². The van der Waals surface area contributed by atoms with Crippen LogP contribution >= 0.6 is 0 Å². The zero-order chi connectivity index (χ0) is 14.0. The Morgan fingerprint density at radius 1 is 1.07 bits per heavy atom. The molecule has 0 atom stereocenters. The third kappa shape index (κ3) is 1.90. The topological polar surface area (TPSA) is 52.6 Å². The summed E-state index contributed by atoms with van der Waals surface area (Å²) in [6, 6.07) is -2.51. The van der Waals surface area contributed by atoms with Crippen LogP contribution in [-0.4, -0.2) is 26.2 Å². The fourth-order valence-corrected chi connectivity index (χ4v) is 0.823. The van der Waals surface area contributed by atoms with Gasteiger partial charge in [-0.15, -0.1) is 0 Å². The van der Waals surface area contributed by atoms with Crippen molar-refractivity contribution < 1.29 is 24.5 Å². The lowest BCUT2D eigenvalue weighted by molar-refractivity contribution is 0.0555. The van der Waals surface area contributed by atoms with Gasteiger partial charge in [-0.2, -0.15) is 0 Å². The standard InChI is InChI=1S/C10H10O4/c1-13-9(11)7-5-3-4-6-8(7)10(12)14-2/h3-6H,1-2H3/i3D,4D,5D,6D.